The monoisotopic (exact) mass is 694 g/mol. The van der Waals surface area contributed by atoms with Gasteiger partial charge in [-0.05, 0) is 90.7 Å². The minimum absolute atomic E-state index is 0.0178. The van der Waals surface area contributed by atoms with Gasteiger partial charge < -0.3 is 18.8 Å². The van der Waals surface area contributed by atoms with Gasteiger partial charge in [0, 0.05) is 35.3 Å². The van der Waals surface area contributed by atoms with E-state index in [0.29, 0.717) is 31.2 Å². The molecule has 0 spiro atoms. The van der Waals surface area contributed by atoms with Crippen LogP contribution >= 0.6 is 0 Å². The summed E-state index contributed by atoms with van der Waals surface area (Å²) in [5.74, 6) is -3.03. The van der Waals surface area contributed by atoms with E-state index >= 15 is 0 Å². The van der Waals surface area contributed by atoms with Gasteiger partial charge >= 0.3 is 21.6 Å². The number of alkyl halides is 3. The second-order valence-corrected chi connectivity index (χ2v) is 13.6. The maximum Gasteiger partial charge on any atom is 0.534 e. The molecule has 2 aromatic carbocycles. The zero-order valence-corrected chi connectivity index (χ0v) is 28.2. The lowest BCUT2D eigenvalue weighted by Gasteiger charge is -2.38. The van der Waals surface area contributed by atoms with E-state index in [1.165, 1.54) is 6.07 Å². The Morgan fingerprint density at radius 1 is 0.872 bits per heavy atom. The van der Waals surface area contributed by atoms with Crippen molar-refractivity contribution >= 4 is 16.1 Å². The molecule has 0 fully saturated rings. The molecule has 2 aliphatic heterocycles. The molecule has 1 N–H and O–H groups in total. The number of carboxylic acid groups (broad SMARTS) is 1. The third-order valence-corrected chi connectivity index (χ3v) is 9.01. The van der Waals surface area contributed by atoms with Crippen molar-refractivity contribution in [2.24, 2.45) is 0 Å². The van der Waals surface area contributed by atoms with Crippen molar-refractivity contribution in [2.45, 2.75) is 96.9 Å². The van der Waals surface area contributed by atoms with Crippen LogP contribution in [-0.4, -0.2) is 85.3 Å². The van der Waals surface area contributed by atoms with E-state index in [0.717, 1.165) is 37.6 Å². The highest BCUT2D eigenvalue weighted by molar-refractivity contribution is 7.88. The number of nitrogens with zero attached hydrogens (tertiary/aromatic N) is 2. The normalized spacial score (nSPS) is 17.9. The van der Waals surface area contributed by atoms with Crippen molar-refractivity contribution in [3.8, 4) is 17.2 Å². The van der Waals surface area contributed by atoms with Gasteiger partial charge in [-0.15, -0.1) is 0 Å². The first-order valence-corrected chi connectivity index (χ1v) is 17.0. The Bertz CT molecular complexity index is 1500. The highest BCUT2D eigenvalue weighted by atomic mass is 32.2. The number of benzene rings is 2. The zero-order chi connectivity index (χ0) is 35.3. The maximum absolute atomic E-state index is 14.0. The largest absolute Gasteiger partial charge is 0.534 e. The molecule has 15 heteroatoms. The SMILES string of the molecule is CCCN(C(C)C)[C@H]1COc2c(F)ccc(C(=O)O)c2C1.CCCN(C(C)C)[C@H]1COc2c(F)ccc(OS(=O)(=O)C(F)(F)F)c2C1. The summed E-state index contributed by atoms with van der Waals surface area (Å²) in [4.78, 5) is 15.7. The van der Waals surface area contributed by atoms with E-state index in [-0.39, 0.29) is 53.8 Å². The highest BCUT2D eigenvalue weighted by Crippen LogP contribution is 2.39. The van der Waals surface area contributed by atoms with E-state index in [2.05, 4.69) is 34.8 Å². The predicted molar refractivity (Wildman–Crippen MR) is 166 cm³/mol. The minimum atomic E-state index is -5.85. The number of halogens is 5. The van der Waals surface area contributed by atoms with E-state index in [4.69, 9.17) is 9.47 Å². The fraction of sp³-hybridized carbons (Fsp3) is 0.594. The van der Waals surface area contributed by atoms with Crippen molar-refractivity contribution in [3.05, 3.63) is 52.6 Å². The summed E-state index contributed by atoms with van der Waals surface area (Å²) >= 11 is 0. The number of aromatic carboxylic acids is 1. The molecule has 47 heavy (non-hydrogen) atoms. The quantitative estimate of drug-likeness (QED) is 0.162. The summed E-state index contributed by atoms with van der Waals surface area (Å²) in [6, 6.07) is 4.49. The number of carboxylic acids is 1. The Labute approximate surface area is 272 Å². The third kappa shape index (κ3) is 9.05. The fourth-order valence-electron chi connectivity index (χ4n) is 5.95. The van der Waals surface area contributed by atoms with Crippen molar-refractivity contribution in [3.63, 3.8) is 0 Å². The summed E-state index contributed by atoms with van der Waals surface area (Å²) in [6.07, 6.45) is 2.48. The molecule has 0 saturated heterocycles. The lowest BCUT2D eigenvalue weighted by Crippen LogP contribution is -2.47. The van der Waals surface area contributed by atoms with Crippen molar-refractivity contribution in [2.75, 3.05) is 26.3 Å². The first-order valence-electron chi connectivity index (χ1n) is 15.6. The molecule has 2 atom stereocenters. The second-order valence-electron chi connectivity index (χ2n) is 12.0. The van der Waals surface area contributed by atoms with E-state index in [1.54, 1.807) is 0 Å². The molecule has 0 bridgehead atoms. The average Bonchev–Trinajstić information content (AvgIpc) is 2.99. The van der Waals surface area contributed by atoms with Crippen LogP contribution in [0.25, 0.3) is 0 Å². The third-order valence-electron chi connectivity index (χ3n) is 8.04. The van der Waals surface area contributed by atoms with Crippen molar-refractivity contribution < 1.29 is 53.9 Å². The molecule has 264 valence electrons. The van der Waals surface area contributed by atoms with Gasteiger partial charge in [0.2, 0.25) is 0 Å². The van der Waals surface area contributed by atoms with Crippen LogP contribution in [-0.2, 0) is 23.0 Å². The Morgan fingerprint density at radius 2 is 1.32 bits per heavy atom. The Balaban J connectivity index is 0.000000261. The summed E-state index contributed by atoms with van der Waals surface area (Å²) < 4.78 is 104. The van der Waals surface area contributed by atoms with Crippen molar-refractivity contribution in [1.82, 2.24) is 9.80 Å². The van der Waals surface area contributed by atoms with Crippen LogP contribution in [0, 0.1) is 11.6 Å². The first-order chi connectivity index (χ1) is 21.9. The molecular weight excluding hydrogens is 651 g/mol. The second kappa shape index (κ2) is 15.8. The van der Waals surface area contributed by atoms with Crippen LogP contribution in [0.5, 0.6) is 17.2 Å². The maximum atomic E-state index is 14.0. The lowest BCUT2D eigenvalue weighted by molar-refractivity contribution is -0.0500. The fourth-order valence-corrected chi connectivity index (χ4v) is 6.43. The number of hydrogen-bond donors (Lipinski definition) is 1. The van der Waals surface area contributed by atoms with Crippen LogP contribution in [0.2, 0.25) is 0 Å². The molecule has 0 aromatic heterocycles. The molecule has 0 saturated carbocycles. The number of ether oxygens (including phenoxy) is 2. The summed E-state index contributed by atoms with van der Waals surface area (Å²) in [7, 11) is -5.85. The summed E-state index contributed by atoms with van der Waals surface area (Å²) in [5.41, 5.74) is -4.98. The summed E-state index contributed by atoms with van der Waals surface area (Å²) in [5, 5.41) is 9.28. The molecular formula is C32H43F5N2O7S. The van der Waals surface area contributed by atoms with Gasteiger partial charge in [0.15, 0.2) is 23.1 Å². The van der Waals surface area contributed by atoms with Crippen LogP contribution in [0.4, 0.5) is 22.0 Å². The standard InChI is InChI=1S/C16H21F4NO4S.C16H22FNO3/c1-4-7-21(10(2)3)11-8-12-14(25-26(22,23)16(18,19)20)6-5-13(17)15(12)24-9-11;1-4-7-18(10(2)3)11-8-13-12(16(19)20)5-6-14(17)15(13)21-9-11/h5-6,10-11H,4,7-9H2,1-3H3;5-6,10-11H,4,7-9H2,1-3H3,(H,19,20)/t2*11-/m11/s1. The molecule has 2 aliphatic rings. The van der Waals surface area contributed by atoms with Gasteiger partial charge in [-0.3, -0.25) is 9.80 Å². The highest BCUT2D eigenvalue weighted by Gasteiger charge is 2.49. The van der Waals surface area contributed by atoms with Gasteiger partial charge in [-0.2, -0.15) is 21.6 Å². The van der Waals surface area contributed by atoms with Crippen LogP contribution < -0.4 is 13.7 Å². The number of fused-ring (bicyclic) bond motifs is 2. The van der Waals surface area contributed by atoms with Gasteiger partial charge in [-0.25, -0.2) is 13.6 Å². The van der Waals surface area contributed by atoms with E-state index in [1.807, 2.05) is 20.8 Å². The lowest BCUT2D eigenvalue weighted by atomic mass is 9.95. The summed E-state index contributed by atoms with van der Waals surface area (Å²) in [6.45, 7) is 14.4. The Kier molecular flexibility index (Phi) is 12.9. The Morgan fingerprint density at radius 3 is 1.74 bits per heavy atom. The van der Waals surface area contributed by atoms with E-state index in [9.17, 15) is 40.3 Å². The van der Waals surface area contributed by atoms with Gasteiger partial charge in [0.05, 0.1) is 5.56 Å². The molecule has 0 aliphatic carbocycles. The molecule has 0 radical (unpaired) electrons. The molecule has 2 aromatic rings. The van der Waals surface area contributed by atoms with Crippen LogP contribution in [0.15, 0.2) is 24.3 Å². The molecule has 9 nitrogen and oxygen atoms in total. The smallest absolute Gasteiger partial charge is 0.489 e. The zero-order valence-electron chi connectivity index (χ0n) is 27.4. The van der Waals surface area contributed by atoms with Crippen molar-refractivity contribution in [1.29, 1.82) is 0 Å². The van der Waals surface area contributed by atoms with Gasteiger partial charge in [0.1, 0.15) is 19.0 Å². The Hall–Kier alpha value is -3.17. The van der Waals surface area contributed by atoms with E-state index < -0.39 is 39.0 Å². The number of hydrogen-bond acceptors (Lipinski definition) is 8. The number of carbonyl (C=O) groups is 1. The number of rotatable bonds is 11. The first kappa shape index (κ1) is 38.3. The van der Waals surface area contributed by atoms with Crippen LogP contribution in [0.1, 0.15) is 75.9 Å². The topological polar surface area (TPSA) is 106 Å². The molecule has 0 unspecified atom stereocenters. The molecule has 2 heterocycles. The van der Waals surface area contributed by atoms with Gasteiger partial charge in [0.25, 0.3) is 0 Å². The average molecular weight is 695 g/mol. The molecule has 0 amide bonds. The van der Waals surface area contributed by atoms with Gasteiger partial charge in [-0.1, -0.05) is 13.8 Å². The molecule has 4 rings (SSSR count). The minimum Gasteiger partial charge on any atom is -0.489 e. The van der Waals surface area contributed by atoms with Crippen LogP contribution in [0.3, 0.4) is 0 Å². The predicted octanol–water partition coefficient (Wildman–Crippen LogP) is 6.43.